The number of hydrogen-bond acceptors (Lipinski definition) is 8. The molecule has 2 heterocycles. The lowest BCUT2D eigenvalue weighted by atomic mass is 10.1. The van der Waals surface area contributed by atoms with E-state index in [4.69, 9.17) is 28.4 Å². The van der Waals surface area contributed by atoms with Gasteiger partial charge in [-0.3, -0.25) is 0 Å². The molecule has 0 aromatic carbocycles. The van der Waals surface area contributed by atoms with E-state index in [-0.39, 0.29) is 24.4 Å². The summed E-state index contributed by atoms with van der Waals surface area (Å²) in [7, 11) is 0. The van der Waals surface area contributed by atoms with E-state index in [0.29, 0.717) is 6.61 Å². The maximum atomic E-state index is 12.0. The van der Waals surface area contributed by atoms with Gasteiger partial charge in [0, 0.05) is 31.3 Å². The molecule has 162 valence electrons. The fourth-order valence-corrected chi connectivity index (χ4v) is 4.67. The zero-order valence-electron chi connectivity index (χ0n) is 17.0. The van der Waals surface area contributed by atoms with Crippen molar-refractivity contribution in [1.82, 2.24) is 0 Å². The quantitative estimate of drug-likeness (QED) is 0.487. The van der Waals surface area contributed by atoms with Crippen LogP contribution >= 0.6 is 0 Å². The van der Waals surface area contributed by atoms with Gasteiger partial charge in [-0.15, -0.1) is 0 Å². The van der Waals surface area contributed by atoms with Crippen LogP contribution in [0.25, 0.3) is 0 Å². The van der Waals surface area contributed by atoms with Crippen molar-refractivity contribution >= 4 is 11.9 Å². The van der Waals surface area contributed by atoms with Crippen molar-refractivity contribution < 1.29 is 38.0 Å². The van der Waals surface area contributed by atoms with Crippen molar-refractivity contribution in [1.29, 1.82) is 0 Å². The highest BCUT2D eigenvalue weighted by atomic mass is 16.8. The molecule has 0 bridgehead atoms. The normalized spacial score (nSPS) is 32.1. The van der Waals surface area contributed by atoms with Gasteiger partial charge in [0.25, 0.3) is 0 Å². The van der Waals surface area contributed by atoms with Crippen LogP contribution in [0.3, 0.4) is 0 Å². The summed E-state index contributed by atoms with van der Waals surface area (Å²) >= 11 is 0. The van der Waals surface area contributed by atoms with Gasteiger partial charge in [-0.1, -0.05) is 6.58 Å². The molecule has 29 heavy (non-hydrogen) atoms. The molecule has 3 atom stereocenters. The van der Waals surface area contributed by atoms with Crippen LogP contribution in [-0.2, 0) is 38.0 Å². The van der Waals surface area contributed by atoms with E-state index >= 15 is 0 Å². The van der Waals surface area contributed by atoms with Gasteiger partial charge in [0.2, 0.25) is 0 Å². The van der Waals surface area contributed by atoms with Gasteiger partial charge in [-0.05, 0) is 32.6 Å². The van der Waals surface area contributed by atoms with Gasteiger partial charge in [0.05, 0.1) is 6.61 Å². The molecule has 4 fully saturated rings. The van der Waals surface area contributed by atoms with E-state index < -0.39 is 36.2 Å². The lowest BCUT2D eigenvalue weighted by Crippen LogP contribution is -2.41. The number of ether oxygens (including phenoxy) is 6. The largest absolute Gasteiger partial charge is 0.460 e. The van der Waals surface area contributed by atoms with Crippen molar-refractivity contribution in [3.05, 3.63) is 12.2 Å². The predicted molar refractivity (Wildman–Crippen MR) is 99.7 cm³/mol. The Hall–Kier alpha value is -1.48. The predicted octanol–water partition coefficient (Wildman–Crippen LogP) is 2.39. The van der Waals surface area contributed by atoms with E-state index in [2.05, 4.69) is 6.58 Å². The Kier molecular flexibility index (Phi) is 5.97. The molecule has 4 rings (SSSR count). The number of rotatable bonds is 6. The van der Waals surface area contributed by atoms with Crippen molar-refractivity contribution in [2.45, 2.75) is 88.2 Å². The number of hydrogen-bond donors (Lipinski definition) is 0. The minimum atomic E-state index is -0.634. The smallest absolute Gasteiger partial charge is 0.344 e. The third-order valence-corrected chi connectivity index (χ3v) is 6.14. The van der Waals surface area contributed by atoms with E-state index in [9.17, 15) is 9.59 Å². The summed E-state index contributed by atoms with van der Waals surface area (Å²) in [5.41, 5.74) is 0.229. The highest BCUT2D eigenvalue weighted by molar-refractivity contribution is 5.88. The van der Waals surface area contributed by atoms with E-state index in [0.717, 1.165) is 51.4 Å². The number of esters is 2. The molecular formula is C21H30O8. The third kappa shape index (κ3) is 4.50. The van der Waals surface area contributed by atoms with Gasteiger partial charge in [-0.25, -0.2) is 9.59 Å². The van der Waals surface area contributed by atoms with E-state index in [1.54, 1.807) is 0 Å². The summed E-state index contributed by atoms with van der Waals surface area (Å²) in [6.07, 6.45) is 6.67. The highest BCUT2D eigenvalue weighted by Crippen LogP contribution is 2.46. The summed E-state index contributed by atoms with van der Waals surface area (Å²) < 4.78 is 35.1. The first-order chi connectivity index (χ1) is 13.9. The Morgan fingerprint density at radius 2 is 1.62 bits per heavy atom. The maximum Gasteiger partial charge on any atom is 0.344 e. The first-order valence-corrected chi connectivity index (χ1v) is 10.6. The van der Waals surface area contributed by atoms with Crippen LogP contribution in [0, 0.1) is 0 Å². The Morgan fingerprint density at radius 1 is 0.966 bits per heavy atom. The first-order valence-electron chi connectivity index (χ1n) is 10.6. The van der Waals surface area contributed by atoms with Crippen LogP contribution in [0.15, 0.2) is 12.2 Å². The van der Waals surface area contributed by atoms with Crippen LogP contribution in [-0.4, -0.2) is 61.6 Å². The molecule has 0 aromatic heterocycles. The average Bonchev–Trinajstić information content (AvgIpc) is 3.49. The van der Waals surface area contributed by atoms with Crippen molar-refractivity contribution in [3.8, 4) is 0 Å². The fourth-order valence-electron chi connectivity index (χ4n) is 4.67. The Bertz CT molecular complexity index is 647. The van der Waals surface area contributed by atoms with Gasteiger partial charge >= 0.3 is 11.9 Å². The van der Waals surface area contributed by atoms with Crippen LogP contribution in [0.4, 0.5) is 0 Å². The molecule has 2 aliphatic carbocycles. The summed E-state index contributed by atoms with van der Waals surface area (Å²) in [5, 5.41) is 0. The summed E-state index contributed by atoms with van der Waals surface area (Å²) in [5.74, 6) is -2.37. The molecule has 2 aliphatic heterocycles. The molecule has 2 spiro atoms. The molecule has 8 heteroatoms. The lowest BCUT2D eigenvalue weighted by Gasteiger charge is -2.26. The van der Waals surface area contributed by atoms with Crippen LogP contribution in [0.2, 0.25) is 0 Å². The zero-order chi connectivity index (χ0) is 20.5. The van der Waals surface area contributed by atoms with Crippen molar-refractivity contribution in [3.63, 3.8) is 0 Å². The summed E-state index contributed by atoms with van der Waals surface area (Å²) in [6, 6.07) is 0. The minimum Gasteiger partial charge on any atom is -0.460 e. The molecule has 0 amide bonds. The second kappa shape index (κ2) is 8.34. The fraction of sp³-hybridized carbons (Fsp3) is 0.810. The molecule has 0 N–H and O–H groups in total. The maximum absolute atomic E-state index is 12.0. The average molecular weight is 410 g/mol. The SMILES string of the molecule is C=C(C)C(=O)OCC(=O)OCC1OC2(CCCC2)OC1C1COC2(CCCC2)O1. The second-order valence-corrected chi connectivity index (χ2v) is 8.48. The van der Waals surface area contributed by atoms with E-state index in [1.165, 1.54) is 6.92 Å². The molecule has 2 saturated carbocycles. The van der Waals surface area contributed by atoms with E-state index in [1.807, 2.05) is 0 Å². The lowest BCUT2D eigenvalue weighted by molar-refractivity contribution is -0.195. The highest BCUT2D eigenvalue weighted by Gasteiger charge is 2.56. The molecule has 2 saturated heterocycles. The molecule has 0 aromatic rings. The molecular weight excluding hydrogens is 380 g/mol. The standard InChI is InChI=1S/C21H30O8/c1-14(2)19(23)25-13-17(22)24-11-15-18(29-21(28-15)9-5-6-10-21)16-12-26-20(27-16)7-3-4-8-20/h15-16,18H,1,3-13H2,2H3. The van der Waals surface area contributed by atoms with Crippen molar-refractivity contribution in [2.24, 2.45) is 0 Å². The molecule has 3 unspecified atom stereocenters. The van der Waals surface area contributed by atoms with Gasteiger partial charge in [-0.2, -0.15) is 0 Å². The van der Waals surface area contributed by atoms with Gasteiger partial charge in [0.1, 0.15) is 24.9 Å². The molecule has 8 nitrogen and oxygen atoms in total. The van der Waals surface area contributed by atoms with Crippen molar-refractivity contribution in [2.75, 3.05) is 19.8 Å². The molecule has 4 aliphatic rings. The summed E-state index contributed by atoms with van der Waals surface area (Å²) in [4.78, 5) is 23.4. The Morgan fingerprint density at radius 3 is 2.28 bits per heavy atom. The topological polar surface area (TPSA) is 89.5 Å². The summed E-state index contributed by atoms with van der Waals surface area (Å²) in [6.45, 7) is 5.00. The second-order valence-electron chi connectivity index (χ2n) is 8.48. The number of carbonyl (C=O) groups is 2. The monoisotopic (exact) mass is 410 g/mol. The van der Waals surface area contributed by atoms with Crippen LogP contribution in [0.5, 0.6) is 0 Å². The molecule has 0 radical (unpaired) electrons. The zero-order valence-corrected chi connectivity index (χ0v) is 17.0. The van der Waals surface area contributed by atoms with Gasteiger partial charge in [0.15, 0.2) is 18.2 Å². The third-order valence-electron chi connectivity index (χ3n) is 6.14. The first kappa shape index (κ1) is 20.8. The Labute approximate surface area is 170 Å². The number of carbonyl (C=O) groups excluding carboxylic acids is 2. The van der Waals surface area contributed by atoms with Crippen LogP contribution < -0.4 is 0 Å². The Balaban J connectivity index is 1.35. The minimum absolute atomic E-state index is 0.0166. The van der Waals surface area contributed by atoms with Gasteiger partial charge < -0.3 is 28.4 Å². The van der Waals surface area contributed by atoms with Crippen LogP contribution in [0.1, 0.15) is 58.3 Å².